The molecule has 3 nitrogen and oxygen atoms in total. The molecule has 1 atom stereocenters. The molecule has 0 saturated heterocycles. The molecule has 3 heterocycles. The second kappa shape index (κ2) is 19.0. The van der Waals surface area contributed by atoms with Crippen molar-refractivity contribution in [1.29, 1.82) is 0 Å². The number of hydrogen-bond donors (Lipinski definition) is 0. The van der Waals surface area contributed by atoms with Crippen LogP contribution >= 0.6 is 0 Å². The number of para-hydroxylation sites is 2. The number of hydrogen-bond acceptors (Lipinski definition) is 0. The van der Waals surface area contributed by atoms with Crippen LogP contribution in [0.5, 0.6) is 0 Å². The SMILES string of the molecule is FC(F)(F)C1=CCC(n2c3ccccc3c3cc(-c4ccc5c(c4)c4cc(-c6ccc7c(c6)c6ccccc6n7-c6ccc(C(F)(F)F)cc6)ccc4n5-c4ccc(-c5c6c#cccc6c(-c6ccccc6)c6ccccc56)cc4)ccc32)C=C1. The molecular formula is C76H45F6N3. The maximum absolute atomic E-state index is 13.7. The molecule has 0 saturated carbocycles. The molecule has 15 aromatic rings. The van der Waals surface area contributed by atoms with E-state index >= 15 is 0 Å². The van der Waals surface area contributed by atoms with Gasteiger partial charge in [0, 0.05) is 65.7 Å². The zero-order valence-electron chi connectivity index (χ0n) is 45.1. The van der Waals surface area contributed by atoms with Crippen molar-refractivity contribution >= 4 is 87.0 Å². The second-order valence-corrected chi connectivity index (χ2v) is 22.0. The maximum Gasteiger partial charge on any atom is 0.416 e. The molecule has 0 amide bonds. The van der Waals surface area contributed by atoms with Gasteiger partial charge in [0.05, 0.1) is 39.2 Å². The molecule has 9 heteroatoms. The lowest BCUT2D eigenvalue weighted by Crippen LogP contribution is -2.15. The first-order chi connectivity index (χ1) is 41.4. The molecule has 0 bridgehead atoms. The van der Waals surface area contributed by atoms with Crippen LogP contribution in [-0.4, -0.2) is 19.9 Å². The Bertz CT molecular complexity index is 5230. The molecule has 3 aromatic heterocycles. The van der Waals surface area contributed by atoms with Gasteiger partial charge in [0.2, 0.25) is 0 Å². The van der Waals surface area contributed by atoms with E-state index < -0.39 is 23.5 Å². The normalized spacial score (nSPS) is 14.0. The predicted molar refractivity (Wildman–Crippen MR) is 334 cm³/mol. The first-order valence-corrected chi connectivity index (χ1v) is 28.1. The Kier molecular flexibility index (Phi) is 11.2. The van der Waals surface area contributed by atoms with Crippen molar-refractivity contribution in [2.24, 2.45) is 0 Å². The molecule has 0 spiro atoms. The fraction of sp³-hybridized carbons (Fsp3) is 0.0526. The van der Waals surface area contributed by atoms with Crippen molar-refractivity contribution in [3.05, 3.63) is 278 Å². The highest BCUT2D eigenvalue weighted by Crippen LogP contribution is 2.46. The molecule has 16 rings (SSSR count). The summed E-state index contributed by atoms with van der Waals surface area (Å²) in [6.07, 6.45) is -4.48. The van der Waals surface area contributed by atoms with Crippen LogP contribution in [-0.2, 0) is 6.18 Å². The van der Waals surface area contributed by atoms with Crippen molar-refractivity contribution in [2.45, 2.75) is 24.8 Å². The van der Waals surface area contributed by atoms with Crippen LogP contribution in [0.1, 0.15) is 18.0 Å². The monoisotopic (exact) mass is 1110 g/mol. The minimum Gasteiger partial charge on any atom is -0.333 e. The summed E-state index contributed by atoms with van der Waals surface area (Å²) in [4.78, 5) is 0. The molecule has 0 aliphatic heterocycles. The highest BCUT2D eigenvalue weighted by molar-refractivity contribution is 6.21. The van der Waals surface area contributed by atoms with Gasteiger partial charge in [0.15, 0.2) is 0 Å². The molecule has 0 fully saturated rings. The van der Waals surface area contributed by atoms with Gasteiger partial charge in [-0.15, -0.1) is 0 Å². The number of rotatable bonds is 7. The van der Waals surface area contributed by atoms with Gasteiger partial charge in [-0.1, -0.05) is 158 Å². The number of aromatic nitrogens is 3. The predicted octanol–water partition coefficient (Wildman–Crippen LogP) is 21.6. The number of benzene rings is 11. The van der Waals surface area contributed by atoms with E-state index in [1.807, 2.05) is 53.1 Å². The van der Waals surface area contributed by atoms with E-state index in [2.05, 4.69) is 185 Å². The fourth-order valence-electron chi connectivity index (χ4n) is 13.4. The van der Waals surface area contributed by atoms with Crippen LogP contribution in [0.4, 0.5) is 26.3 Å². The van der Waals surface area contributed by atoms with Gasteiger partial charge in [-0.05, 0) is 171 Å². The summed E-state index contributed by atoms with van der Waals surface area (Å²) in [7, 11) is 0. The molecule has 85 heavy (non-hydrogen) atoms. The Labute approximate surface area is 483 Å². The van der Waals surface area contributed by atoms with Crippen molar-refractivity contribution in [1.82, 2.24) is 13.7 Å². The molecule has 12 aromatic carbocycles. The topological polar surface area (TPSA) is 14.8 Å². The van der Waals surface area contributed by atoms with E-state index in [4.69, 9.17) is 0 Å². The van der Waals surface area contributed by atoms with Gasteiger partial charge in [-0.25, -0.2) is 0 Å². The van der Waals surface area contributed by atoms with E-state index in [1.165, 1.54) is 24.3 Å². The molecule has 0 N–H and O–H groups in total. The van der Waals surface area contributed by atoms with Crippen molar-refractivity contribution in [3.8, 4) is 55.9 Å². The molecule has 0 radical (unpaired) electrons. The van der Waals surface area contributed by atoms with Crippen molar-refractivity contribution in [2.75, 3.05) is 0 Å². The molecule has 406 valence electrons. The number of allylic oxidation sites excluding steroid dienone is 4. The van der Waals surface area contributed by atoms with Crippen molar-refractivity contribution in [3.63, 3.8) is 0 Å². The third-order valence-corrected chi connectivity index (χ3v) is 17.3. The largest absolute Gasteiger partial charge is 0.416 e. The lowest BCUT2D eigenvalue weighted by molar-refractivity contribution is -0.137. The lowest BCUT2D eigenvalue weighted by Gasteiger charge is -2.21. The summed E-state index contributed by atoms with van der Waals surface area (Å²) in [6, 6.07) is 85.8. The quantitative estimate of drug-likeness (QED) is 0.141. The first-order valence-electron chi connectivity index (χ1n) is 28.1. The highest BCUT2D eigenvalue weighted by atomic mass is 19.4. The van der Waals surface area contributed by atoms with Gasteiger partial charge in [-0.2, -0.15) is 26.3 Å². The van der Waals surface area contributed by atoms with Gasteiger partial charge in [-0.3, -0.25) is 0 Å². The van der Waals surface area contributed by atoms with Crippen molar-refractivity contribution < 1.29 is 26.3 Å². The smallest absolute Gasteiger partial charge is 0.333 e. The maximum atomic E-state index is 13.7. The first kappa shape index (κ1) is 50.2. The number of fused-ring (bicyclic) bond motifs is 11. The van der Waals surface area contributed by atoms with Crippen LogP contribution in [0.3, 0.4) is 0 Å². The summed E-state index contributed by atoms with van der Waals surface area (Å²) in [5.74, 6) is 0. The van der Waals surface area contributed by atoms with Gasteiger partial charge in [0.1, 0.15) is 0 Å². The standard InChI is InChI=1S/C76H45F6N3/c77-75(78,79)52-28-34-55(35-29-52)83-67-20-10-8-14-57(67)63-42-48(24-38-69(63)83)50-26-40-71-65(44-50)66-45-51(49-25-39-70-64(43-49)58-15-9-11-21-68(58)84(70)56-36-30-53(31-37-56)76(80,81)82)27-41-72(66)85(71)54-32-22-47(23-33-54)74-61-18-6-4-16-59(61)73(46-12-2-1-3-13-46)60-17-5-7-19-62(60)74/h1-6,8-18,20-36,38-45,56H,37H2. The highest BCUT2D eigenvalue weighted by Gasteiger charge is 2.34. The van der Waals surface area contributed by atoms with E-state index in [0.717, 1.165) is 149 Å². The third-order valence-electron chi connectivity index (χ3n) is 17.3. The molecule has 1 aliphatic rings. The summed E-state index contributed by atoms with van der Waals surface area (Å²) >= 11 is 0. The van der Waals surface area contributed by atoms with Crippen LogP contribution in [0.25, 0.3) is 143 Å². The minimum atomic E-state index is -4.45. The number of nitrogens with zero attached hydrogens (tertiary/aromatic N) is 3. The number of halogens is 6. The average molecular weight is 1110 g/mol. The Hall–Kier alpha value is -10.6. The average Bonchev–Trinajstić information content (AvgIpc) is 2.08. The Morgan fingerprint density at radius 2 is 0.800 bits per heavy atom. The third kappa shape index (κ3) is 8.08. The summed E-state index contributed by atoms with van der Waals surface area (Å²) in [6.45, 7) is 0. The Balaban J connectivity index is 0.856. The zero-order valence-corrected chi connectivity index (χ0v) is 45.1. The fourth-order valence-corrected chi connectivity index (χ4v) is 13.4. The molecular weight excluding hydrogens is 1070 g/mol. The molecule has 1 aliphatic carbocycles. The van der Waals surface area contributed by atoms with Crippen LogP contribution in [0.15, 0.2) is 260 Å². The lowest BCUT2D eigenvalue weighted by atomic mass is 9.86. The van der Waals surface area contributed by atoms with Crippen LogP contribution < -0.4 is 0 Å². The van der Waals surface area contributed by atoms with Gasteiger partial charge in [0.25, 0.3) is 0 Å². The van der Waals surface area contributed by atoms with Gasteiger partial charge >= 0.3 is 12.4 Å². The minimum absolute atomic E-state index is 0.221. The van der Waals surface area contributed by atoms with Crippen LogP contribution in [0.2, 0.25) is 0 Å². The van der Waals surface area contributed by atoms with E-state index in [0.29, 0.717) is 5.69 Å². The second-order valence-electron chi connectivity index (χ2n) is 22.0. The Morgan fingerprint density at radius 3 is 1.35 bits per heavy atom. The van der Waals surface area contributed by atoms with E-state index in [1.54, 1.807) is 6.08 Å². The van der Waals surface area contributed by atoms with Gasteiger partial charge < -0.3 is 13.7 Å². The van der Waals surface area contributed by atoms with E-state index in [9.17, 15) is 26.3 Å². The molecule has 1 unspecified atom stereocenters. The van der Waals surface area contributed by atoms with Crippen LogP contribution in [0, 0.1) is 12.1 Å². The summed E-state index contributed by atoms with van der Waals surface area (Å²) in [5.41, 5.74) is 14.4. The Morgan fingerprint density at radius 1 is 0.365 bits per heavy atom. The summed E-state index contributed by atoms with van der Waals surface area (Å²) in [5, 5.41) is 10.5. The number of alkyl halides is 6. The summed E-state index contributed by atoms with van der Waals surface area (Å²) < 4.78 is 88.8. The van der Waals surface area contributed by atoms with E-state index in [-0.39, 0.29) is 12.5 Å². The zero-order chi connectivity index (χ0) is 57.3.